The molecule has 1 aromatic carbocycles. The van der Waals surface area contributed by atoms with Crippen molar-refractivity contribution in [3.8, 4) is 0 Å². The third-order valence-corrected chi connectivity index (χ3v) is 3.69. The standard InChI is InChI=1S/C18H27N5O.HI/c1-4-19-18(21-13-17-10-11-22-23(17)3)20-12-15-8-6-7-9-16(15)14-24-5-2;/h6-11H,4-5,12-14H2,1-3H3,(H2,19,20,21);1H. The lowest BCUT2D eigenvalue weighted by molar-refractivity contribution is 0.133. The molecule has 2 N–H and O–H groups in total. The summed E-state index contributed by atoms with van der Waals surface area (Å²) in [5, 5.41) is 10.8. The second kappa shape index (κ2) is 11.9. The predicted molar refractivity (Wildman–Crippen MR) is 112 cm³/mol. The smallest absolute Gasteiger partial charge is 0.191 e. The Morgan fingerprint density at radius 2 is 1.92 bits per heavy atom. The minimum Gasteiger partial charge on any atom is -0.377 e. The third kappa shape index (κ3) is 7.03. The number of benzene rings is 1. The van der Waals surface area contributed by atoms with E-state index in [9.17, 15) is 0 Å². The molecule has 1 aromatic heterocycles. The summed E-state index contributed by atoms with van der Waals surface area (Å²) < 4.78 is 7.39. The van der Waals surface area contributed by atoms with Gasteiger partial charge in [0.15, 0.2) is 5.96 Å². The molecule has 0 aliphatic carbocycles. The van der Waals surface area contributed by atoms with Gasteiger partial charge in [0.2, 0.25) is 0 Å². The van der Waals surface area contributed by atoms with Crippen molar-refractivity contribution in [3.63, 3.8) is 0 Å². The molecule has 0 unspecified atom stereocenters. The summed E-state index contributed by atoms with van der Waals surface area (Å²) in [5.74, 6) is 0.796. The van der Waals surface area contributed by atoms with Gasteiger partial charge in [0, 0.05) is 26.4 Å². The average Bonchev–Trinajstić information content (AvgIpc) is 3.01. The van der Waals surface area contributed by atoms with Crippen LogP contribution in [0.4, 0.5) is 0 Å². The molecule has 0 amide bonds. The van der Waals surface area contributed by atoms with E-state index in [1.54, 1.807) is 6.20 Å². The Labute approximate surface area is 167 Å². The van der Waals surface area contributed by atoms with Crippen LogP contribution in [0.25, 0.3) is 0 Å². The SMILES string of the molecule is CCNC(=NCc1ccccc1COCC)NCc1ccnn1C.I. The van der Waals surface area contributed by atoms with Crippen LogP contribution < -0.4 is 10.6 Å². The molecular weight excluding hydrogens is 429 g/mol. The van der Waals surface area contributed by atoms with Gasteiger partial charge in [0.05, 0.1) is 25.4 Å². The van der Waals surface area contributed by atoms with E-state index in [4.69, 9.17) is 9.73 Å². The summed E-state index contributed by atoms with van der Waals surface area (Å²) >= 11 is 0. The molecule has 1 heterocycles. The molecule has 0 aliphatic heterocycles. The lowest BCUT2D eigenvalue weighted by Crippen LogP contribution is -2.37. The highest BCUT2D eigenvalue weighted by atomic mass is 127. The minimum absolute atomic E-state index is 0. The van der Waals surface area contributed by atoms with Gasteiger partial charge in [-0.1, -0.05) is 24.3 Å². The van der Waals surface area contributed by atoms with E-state index in [-0.39, 0.29) is 24.0 Å². The van der Waals surface area contributed by atoms with Crippen molar-refractivity contribution in [2.45, 2.75) is 33.5 Å². The maximum atomic E-state index is 5.53. The quantitative estimate of drug-likeness (QED) is 0.364. The van der Waals surface area contributed by atoms with Crippen molar-refractivity contribution >= 4 is 29.9 Å². The van der Waals surface area contributed by atoms with Crippen LogP contribution in [0.5, 0.6) is 0 Å². The fourth-order valence-electron chi connectivity index (χ4n) is 2.32. The van der Waals surface area contributed by atoms with Crippen molar-refractivity contribution in [2.75, 3.05) is 13.2 Å². The van der Waals surface area contributed by atoms with Gasteiger partial charge >= 0.3 is 0 Å². The van der Waals surface area contributed by atoms with E-state index in [1.165, 1.54) is 11.1 Å². The van der Waals surface area contributed by atoms with Crippen LogP contribution in [0.3, 0.4) is 0 Å². The second-order valence-corrected chi connectivity index (χ2v) is 5.40. The van der Waals surface area contributed by atoms with Crippen LogP contribution >= 0.6 is 24.0 Å². The van der Waals surface area contributed by atoms with E-state index < -0.39 is 0 Å². The minimum atomic E-state index is 0. The zero-order chi connectivity index (χ0) is 17.2. The molecule has 2 aromatic rings. The highest BCUT2D eigenvalue weighted by Gasteiger charge is 2.04. The summed E-state index contributed by atoms with van der Waals surface area (Å²) in [6.07, 6.45) is 1.80. The van der Waals surface area contributed by atoms with Gasteiger partial charge < -0.3 is 15.4 Å². The zero-order valence-corrected chi connectivity index (χ0v) is 17.5. The Morgan fingerprint density at radius 1 is 1.16 bits per heavy atom. The topological polar surface area (TPSA) is 63.5 Å². The van der Waals surface area contributed by atoms with Gasteiger partial charge in [-0.2, -0.15) is 5.10 Å². The molecule has 0 saturated heterocycles. The van der Waals surface area contributed by atoms with Crippen molar-refractivity contribution in [2.24, 2.45) is 12.0 Å². The highest BCUT2D eigenvalue weighted by Crippen LogP contribution is 2.11. The van der Waals surface area contributed by atoms with Crippen molar-refractivity contribution in [1.29, 1.82) is 0 Å². The Bertz CT molecular complexity index is 656. The average molecular weight is 457 g/mol. The number of aromatic nitrogens is 2. The van der Waals surface area contributed by atoms with Crippen molar-refractivity contribution < 1.29 is 4.74 Å². The van der Waals surface area contributed by atoms with Crippen LogP contribution in [0, 0.1) is 0 Å². The molecule has 2 rings (SSSR count). The second-order valence-electron chi connectivity index (χ2n) is 5.40. The fourth-order valence-corrected chi connectivity index (χ4v) is 2.32. The van der Waals surface area contributed by atoms with E-state index >= 15 is 0 Å². The van der Waals surface area contributed by atoms with Gasteiger partial charge in [-0.15, -0.1) is 24.0 Å². The van der Waals surface area contributed by atoms with Crippen LogP contribution in [0.2, 0.25) is 0 Å². The first kappa shape index (κ1) is 21.4. The summed E-state index contributed by atoms with van der Waals surface area (Å²) in [4.78, 5) is 4.69. The summed E-state index contributed by atoms with van der Waals surface area (Å²) in [6.45, 7) is 7.52. The molecule has 0 radical (unpaired) electrons. The van der Waals surface area contributed by atoms with E-state index in [1.807, 2.05) is 36.9 Å². The molecule has 6 nitrogen and oxygen atoms in total. The van der Waals surface area contributed by atoms with Gasteiger partial charge in [0.1, 0.15) is 0 Å². The van der Waals surface area contributed by atoms with Gasteiger partial charge in [-0.3, -0.25) is 4.68 Å². The molecular formula is C18H28IN5O. The van der Waals surface area contributed by atoms with Crippen molar-refractivity contribution in [1.82, 2.24) is 20.4 Å². The molecule has 0 atom stereocenters. The van der Waals surface area contributed by atoms with Crippen LogP contribution in [-0.4, -0.2) is 28.9 Å². The number of aryl methyl sites for hydroxylation is 1. The first-order valence-corrected chi connectivity index (χ1v) is 8.38. The Hall–Kier alpha value is -1.61. The molecule has 138 valence electrons. The first-order valence-electron chi connectivity index (χ1n) is 8.38. The van der Waals surface area contributed by atoms with Gasteiger partial charge in [0.25, 0.3) is 0 Å². The van der Waals surface area contributed by atoms with Crippen LogP contribution in [0.1, 0.15) is 30.7 Å². The number of hydrogen-bond acceptors (Lipinski definition) is 3. The van der Waals surface area contributed by atoms with E-state index in [0.717, 1.165) is 18.2 Å². The number of halogens is 1. The molecule has 0 aliphatic rings. The van der Waals surface area contributed by atoms with Gasteiger partial charge in [-0.25, -0.2) is 4.99 Å². The number of rotatable bonds is 8. The molecule has 7 heteroatoms. The number of hydrogen-bond donors (Lipinski definition) is 2. The molecule has 0 spiro atoms. The third-order valence-electron chi connectivity index (χ3n) is 3.69. The Balaban J connectivity index is 0.00000312. The highest BCUT2D eigenvalue weighted by molar-refractivity contribution is 14.0. The molecule has 0 saturated carbocycles. The summed E-state index contributed by atoms with van der Waals surface area (Å²) in [5.41, 5.74) is 3.48. The zero-order valence-electron chi connectivity index (χ0n) is 15.2. The van der Waals surface area contributed by atoms with E-state index in [2.05, 4.69) is 34.8 Å². The maximum Gasteiger partial charge on any atom is 0.191 e. The first-order chi connectivity index (χ1) is 11.7. The number of nitrogens with one attached hydrogen (secondary N) is 2. The lowest BCUT2D eigenvalue weighted by atomic mass is 10.1. The van der Waals surface area contributed by atoms with Gasteiger partial charge in [-0.05, 0) is 31.0 Å². The largest absolute Gasteiger partial charge is 0.377 e. The monoisotopic (exact) mass is 457 g/mol. The number of ether oxygens (including phenoxy) is 1. The molecule has 0 bridgehead atoms. The molecule has 25 heavy (non-hydrogen) atoms. The normalized spacial score (nSPS) is 11.1. The Kier molecular flexibility index (Phi) is 10.2. The van der Waals surface area contributed by atoms with E-state index in [0.29, 0.717) is 26.3 Å². The molecule has 0 fully saturated rings. The number of guanidine groups is 1. The Morgan fingerprint density at radius 3 is 2.56 bits per heavy atom. The van der Waals surface area contributed by atoms with Crippen molar-refractivity contribution in [3.05, 3.63) is 53.3 Å². The van der Waals surface area contributed by atoms with Crippen LogP contribution in [0.15, 0.2) is 41.5 Å². The summed E-state index contributed by atoms with van der Waals surface area (Å²) in [6, 6.07) is 10.3. The number of aliphatic imine (C=N–C) groups is 1. The fraction of sp³-hybridized carbons (Fsp3) is 0.444. The number of nitrogens with zero attached hydrogens (tertiary/aromatic N) is 3. The predicted octanol–water partition coefficient (Wildman–Crippen LogP) is 2.83. The maximum absolute atomic E-state index is 5.53. The lowest BCUT2D eigenvalue weighted by Gasteiger charge is -2.12. The van der Waals surface area contributed by atoms with Crippen LogP contribution in [-0.2, 0) is 31.5 Å². The summed E-state index contributed by atoms with van der Waals surface area (Å²) in [7, 11) is 1.94.